The molecule has 0 spiro atoms. The highest BCUT2D eigenvalue weighted by Gasteiger charge is 2.43. The van der Waals surface area contributed by atoms with Gasteiger partial charge in [-0.3, -0.25) is 4.79 Å². The number of hydrogen-bond donors (Lipinski definition) is 6. The van der Waals surface area contributed by atoms with Crippen LogP contribution in [0.2, 0.25) is 0 Å². The fraction of sp³-hybridized carbons (Fsp3) is 0.980. The Labute approximate surface area is 369 Å². The van der Waals surface area contributed by atoms with Gasteiger partial charge in [-0.25, -0.2) is 0 Å². The van der Waals surface area contributed by atoms with Gasteiger partial charge in [0.15, 0.2) is 0 Å². The van der Waals surface area contributed by atoms with Gasteiger partial charge < -0.3 is 40.1 Å². The van der Waals surface area contributed by atoms with Crippen molar-refractivity contribution >= 4 is 5.97 Å². The first-order valence-electron chi connectivity index (χ1n) is 26.1. The van der Waals surface area contributed by atoms with Gasteiger partial charge in [0.1, 0.15) is 36.6 Å². The van der Waals surface area contributed by atoms with Crippen LogP contribution in [0.4, 0.5) is 0 Å². The van der Waals surface area contributed by atoms with E-state index in [1.165, 1.54) is 186 Å². The van der Waals surface area contributed by atoms with Crippen LogP contribution in [0.15, 0.2) is 0 Å². The van der Waals surface area contributed by atoms with Crippen LogP contribution in [0.5, 0.6) is 0 Å². The summed E-state index contributed by atoms with van der Waals surface area (Å²) in [4.78, 5) is 13.0. The zero-order valence-corrected chi connectivity index (χ0v) is 39.3. The molecule has 1 rings (SSSR count). The minimum atomic E-state index is -1.50. The molecule has 358 valence electrons. The molecule has 1 saturated heterocycles. The van der Waals surface area contributed by atoms with Crippen LogP contribution < -0.4 is 0 Å². The standard InChI is InChI=1S/C51H100O9/c1-3-5-7-9-11-13-15-17-18-19-20-21-22-23-24-25-26-27-29-31-33-35-37-39-47(54)60-44(40-41-45-49(56)51(58)50(57)46(42-52)59-45)48(55)43(53)38-36-34-32-30-28-16-14-12-10-8-6-4-2/h43-46,48-53,55-58H,3-42H2,1-2H3/t43-,44+,45-,46-,48-,49+,50+,51-/m1/s1. The van der Waals surface area contributed by atoms with Gasteiger partial charge in [0, 0.05) is 6.42 Å². The summed E-state index contributed by atoms with van der Waals surface area (Å²) in [5, 5.41) is 62.7. The number of rotatable bonds is 44. The second kappa shape index (κ2) is 40.9. The van der Waals surface area contributed by atoms with Crippen molar-refractivity contribution in [1.29, 1.82) is 0 Å². The Morgan fingerprint density at radius 3 is 1.17 bits per heavy atom. The summed E-state index contributed by atoms with van der Waals surface area (Å²) >= 11 is 0. The van der Waals surface area contributed by atoms with E-state index >= 15 is 0 Å². The number of hydrogen-bond acceptors (Lipinski definition) is 9. The topological polar surface area (TPSA) is 157 Å². The Morgan fingerprint density at radius 1 is 0.467 bits per heavy atom. The predicted molar refractivity (Wildman–Crippen MR) is 247 cm³/mol. The molecule has 9 nitrogen and oxygen atoms in total. The van der Waals surface area contributed by atoms with Gasteiger partial charge in [-0.15, -0.1) is 0 Å². The van der Waals surface area contributed by atoms with E-state index in [1.54, 1.807) is 0 Å². The highest BCUT2D eigenvalue weighted by molar-refractivity contribution is 5.69. The molecule has 0 radical (unpaired) electrons. The molecule has 1 aliphatic heterocycles. The monoisotopic (exact) mass is 857 g/mol. The van der Waals surface area contributed by atoms with E-state index in [4.69, 9.17) is 9.47 Å². The van der Waals surface area contributed by atoms with E-state index in [-0.39, 0.29) is 19.3 Å². The van der Waals surface area contributed by atoms with Crippen molar-refractivity contribution in [2.45, 2.75) is 313 Å². The lowest BCUT2D eigenvalue weighted by atomic mass is 9.90. The van der Waals surface area contributed by atoms with Gasteiger partial charge in [-0.1, -0.05) is 232 Å². The van der Waals surface area contributed by atoms with Gasteiger partial charge in [0.25, 0.3) is 0 Å². The van der Waals surface area contributed by atoms with Crippen molar-refractivity contribution in [2.75, 3.05) is 6.61 Å². The van der Waals surface area contributed by atoms with E-state index < -0.39 is 61.4 Å². The highest BCUT2D eigenvalue weighted by Crippen LogP contribution is 2.27. The molecule has 0 unspecified atom stereocenters. The van der Waals surface area contributed by atoms with E-state index in [0.29, 0.717) is 12.8 Å². The first kappa shape index (κ1) is 57.2. The molecule has 60 heavy (non-hydrogen) atoms. The number of aliphatic hydroxyl groups excluding tert-OH is 6. The molecule has 8 atom stereocenters. The number of ether oxygens (including phenoxy) is 2. The van der Waals surface area contributed by atoms with Crippen LogP contribution in [0, 0.1) is 0 Å². The maximum Gasteiger partial charge on any atom is 0.306 e. The van der Waals surface area contributed by atoms with Crippen LogP contribution >= 0.6 is 0 Å². The second-order valence-corrected chi connectivity index (χ2v) is 18.7. The minimum Gasteiger partial charge on any atom is -0.459 e. The molecule has 1 fully saturated rings. The summed E-state index contributed by atoms with van der Waals surface area (Å²) in [7, 11) is 0. The number of unbranched alkanes of at least 4 members (excludes halogenated alkanes) is 33. The van der Waals surface area contributed by atoms with Crippen LogP contribution in [0.1, 0.15) is 264 Å². The Balaban J connectivity index is 2.26. The van der Waals surface area contributed by atoms with Gasteiger partial charge in [0.05, 0.1) is 18.8 Å². The van der Waals surface area contributed by atoms with Crippen molar-refractivity contribution < 1.29 is 44.9 Å². The van der Waals surface area contributed by atoms with Crippen LogP contribution in [0.25, 0.3) is 0 Å². The zero-order valence-electron chi connectivity index (χ0n) is 39.3. The Hall–Kier alpha value is -0.810. The van der Waals surface area contributed by atoms with Crippen LogP contribution in [-0.2, 0) is 14.3 Å². The molecular formula is C51H100O9. The third-order valence-corrected chi connectivity index (χ3v) is 13.1. The summed E-state index contributed by atoms with van der Waals surface area (Å²) in [5.41, 5.74) is 0. The van der Waals surface area contributed by atoms with Gasteiger partial charge in [-0.05, 0) is 25.7 Å². The number of carbonyl (C=O) groups excluding carboxylic acids is 1. The summed E-state index contributed by atoms with van der Waals surface area (Å²) in [6.45, 7) is 4.00. The molecule has 9 heteroatoms. The molecule has 0 aromatic carbocycles. The van der Waals surface area contributed by atoms with Crippen molar-refractivity contribution in [3.05, 3.63) is 0 Å². The third-order valence-electron chi connectivity index (χ3n) is 13.1. The zero-order chi connectivity index (χ0) is 43.9. The lowest BCUT2D eigenvalue weighted by Crippen LogP contribution is -2.58. The SMILES string of the molecule is CCCCCCCCCCCCCCCCCCCCCCCCCC(=O)O[C@@H](CC[C@H]1O[C@H](CO)[C@H](O)[C@H](O)[C@H]1O)[C@H](O)[C@H](O)CCCCCCCCCCCCCC. The summed E-state index contributed by atoms with van der Waals surface area (Å²) < 4.78 is 11.4. The Morgan fingerprint density at radius 2 is 0.800 bits per heavy atom. The van der Waals surface area contributed by atoms with Crippen LogP contribution in [-0.4, -0.2) is 92.0 Å². The predicted octanol–water partition coefficient (Wildman–Crippen LogP) is 11.7. The molecule has 0 saturated carbocycles. The molecule has 1 aliphatic rings. The summed E-state index contributed by atoms with van der Waals surface area (Å²) in [6, 6.07) is 0. The quantitative estimate of drug-likeness (QED) is 0.0259. The second-order valence-electron chi connectivity index (χ2n) is 18.7. The molecular weight excluding hydrogens is 757 g/mol. The first-order chi connectivity index (χ1) is 29.3. The average molecular weight is 857 g/mol. The van der Waals surface area contributed by atoms with Gasteiger partial charge in [0.2, 0.25) is 0 Å². The van der Waals surface area contributed by atoms with Gasteiger partial charge >= 0.3 is 5.97 Å². The van der Waals surface area contributed by atoms with E-state index in [9.17, 15) is 35.4 Å². The van der Waals surface area contributed by atoms with Crippen LogP contribution in [0.3, 0.4) is 0 Å². The molecule has 0 aromatic heterocycles. The first-order valence-corrected chi connectivity index (χ1v) is 26.1. The largest absolute Gasteiger partial charge is 0.459 e. The molecule has 1 heterocycles. The molecule has 0 aliphatic carbocycles. The van der Waals surface area contributed by atoms with Crippen molar-refractivity contribution in [1.82, 2.24) is 0 Å². The molecule has 6 N–H and O–H groups in total. The molecule has 0 bridgehead atoms. The van der Waals surface area contributed by atoms with Gasteiger partial charge in [-0.2, -0.15) is 0 Å². The van der Waals surface area contributed by atoms with Crippen molar-refractivity contribution in [3.63, 3.8) is 0 Å². The molecule has 0 aromatic rings. The third kappa shape index (κ3) is 30.3. The highest BCUT2D eigenvalue weighted by atomic mass is 16.6. The van der Waals surface area contributed by atoms with Crippen molar-refractivity contribution in [3.8, 4) is 0 Å². The lowest BCUT2D eigenvalue weighted by molar-refractivity contribution is -0.232. The minimum absolute atomic E-state index is 0.0878. The smallest absolute Gasteiger partial charge is 0.306 e. The summed E-state index contributed by atoms with van der Waals surface area (Å²) in [6.07, 6.45) is 35.6. The van der Waals surface area contributed by atoms with E-state index in [0.717, 1.165) is 32.1 Å². The van der Waals surface area contributed by atoms with Crippen molar-refractivity contribution in [2.24, 2.45) is 0 Å². The molecule has 0 amide bonds. The number of carbonyl (C=O) groups is 1. The fourth-order valence-corrected chi connectivity index (χ4v) is 8.94. The maximum atomic E-state index is 13.0. The normalized spacial score (nSPS) is 21.0. The number of aliphatic hydroxyl groups is 6. The maximum absolute atomic E-state index is 13.0. The lowest BCUT2D eigenvalue weighted by Gasteiger charge is -2.40. The Bertz CT molecular complexity index is 919. The number of esters is 1. The Kier molecular flexibility index (Phi) is 39.0. The van der Waals surface area contributed by atoms with E-state index in [1.807, 2.05) is 0 Å². The fourth-order valence-electron chi connectivity index (χ4n) is 8.94. The van der Waals surface area contributed by atoms with E-state index in [2.05, 4.69) is 13.8 Å². The summed E-state index contributed by atoms with van der Waals surface area (Å²) in [5.74, 6) is -0.422. The average Bonchev–Trinajstić information content (AvgIpc) is 3.25.